The second-order valence-electron chi connectivity index (χ2n) is 5.48. The van der Waals surface area contributed by atoms with Gasteiger partial charge < -0.3 is 25.4 Å². The van der Waals surface area contributed by atoms with Crippen LogP contribution < -0.4 is 10.6 Å². The van der Waals surface area contributed by atoms with Gasteiger partial charge in [-0.2, -0.15) is 0 Å². The molecule has 0 aromatic heterocycles. The summed E-state index contributed by atoms with van der Waals surface area (Å²) in [5, 5.41) is 14.0. The number of rotatable bonds is 8. The number of hydrogen-bond acceptors (Lipinski definition) is 4. The molecule has 0 spiro atoms. The van der Waals surface area contributed by atoms with Gasteiger partial charge in [0.05, 0.1) is 6.61 Å². The maximum absolute atomic E-state index is 12.0. The molecule has 0 atom stereocenters. The molecule has 0 heterocycles. The van der Waals surface area contributed by atoms with Crippen LogP contribution in [0.2, 0.25) is 0 Å². The largest absolute Gasteiger partial charge is 0.480 e. The van der Waals surface area contributed by atoms with Crippen molar-refractivity contribution in [3.63, 3.8) is 0 Å². The Labute approximate surface area is 124 Å². The average Bonchev–Trinajstić information content (AvgIpc) is 2.34. The van der Waals surface area contributed by atoms with Crippen molar-refractivity contribution in [2.24, 2.45) is 0 Å². The Kier molecular flexibility index (Phi) is 8.37. The maximum atomic E-state index is 12.0. The summed E-state index contributed by atoms with van der Waals surface area (Å²) in [7, 11) is 1.54. The number of carbonyl (C=O) groups excluding carboxylic acids is 2. The summed E-state index contributed by atoms with van der Waals surface area (Å²) in [6, 6.07) is -0.505. The van der Waals surface area contributed by atoms with Crippen LogP contribution in [-0.4, -0.2) is 66.8 Å². The van der Waals surface area contributed by atoms with Crippen LogP contribution in [0.5, 0.6) is 0 Å². The van der Waals surface area contributed by atoms with E-state index in [2.05, 4.69) is 10.6 Å². The van der Waals surface area contributed by atoms with Crippen LogP contribution in [-0.2, 0) is 14.3 Å². The SMILES string of the molecule is COCCNC(=O)CCNC(=O)N(CC(=O)O)C(C)(C)C. The monoisotopic (exact) mass is 303 g/mol. The first-order chi connectivity index (χ1) is 9.68. The summed E-state index contributed by atoms with van der Waals surface area (Å²) >= 11 is 0. The number of nitrogens with zero attached hydrogens (tertiary/aromatic N) is 1. The van der Waals surface area contributed by atoms with Gasteiger partial charge in [-0.25, -0.2) is 4.79 Å². The summed E-state index contributed by atoms with van der Waals surface area (Å²) < 4.78 is 4.79. The molecule has 0 aliphatic carbocycles. The Bertz CT molecular complexity index is 365. The lowest BCUT2D eigenvalue weighted by molar-refractivity contribution is -0.138. The molecule has 0 unspecified atom stereocenters. The Morgan fingerprint density at radius 3 is 2.24 bits per heavy atom. The van der Waals surface area contributed by atoms with Crippen LogP contribution in [0.1, 0.15) is 27.2 Å². The summed E-state index contributed by atoms with van der Waals surface area (Å²) in [5.74, 6) is -1.29. The van der Waals surface area contributed by atoms with Gasteiger partial charge in [-0.05, 0) is 20.8 Å². The summed E-state index contributed by atoms with van der Waals surface area (Å²) in [6.45, 7) is 5.82. The number of urea groups is 1. The highest BCUT2D eigenvalue weighted by molar-refractivity contribution is 5.81. The Morgan fingerprint density at radius 2 is 1.76 bits per heavy atom. The highest BCUT2D eigenvalue weighted by Crippen LogP contribution is 2.12. The van der Waals surface area contributed by atoms with Crippen LogP contribution >= 0.6 is 0 Å². The number of carboxylic acids is 1. The van der Waals surface area contributed by atoms with E-state index in [1.54, 1.807) is 20.8 Å². The second-order valence-corrected chi connectivity index (χ2v) is 5.48. The summed E-state index contributed by atoms with van der Waals surface area (Å²) in [5.41, 5.74) is -0.622. The molecule has 21 heavy (non-hydrogen) atoms. The lowest BCUT2D eigenvalue weighted by atomic mass is 10.1. The molecule has 0 bridgehead atoms. The topological polar surface area (TPSA) is 108 Å². The second kappa shape index (κ2) is 9.17. The third kappa shape index (κ3) is 8.85. The molecule has 8 heteroatoms. The number of hydrogen-bond donors (Lipinski definition) is 3. The zero-order valence-corrected chi connectivity index (χ0v) is 13.1. The van der Waals surface area contributed by atoms with Crippen molar-refractivity contribution >= 4 is 17.9 Å². The number of nitrogens with one attached hydrogen (secondary N) is 2. The molecule has 0 saturated carbocycles. The van der Waals surface area contributed by atoms with Crippen molar-refractivity contribution in [2.45, 2.75) is 32.7 Å². The third-order valence-corrected chi connectivity index (χ3v) is 2.60. The van der Waals surface area contributed by atoms with Gasteiger partial charge >= 0.3 is 12.0 Å². The summed E-state index contributed by atoms with van der Waals surface area (Å²) in [4.78, 5) is 35.4. The van der Waals surface area contributed by atoms with Crippen LogP contribution in [0.15, 0.2) is 0 Å². The van der Waals surface area contributed by atoms with Gasteiger partial charge in [-0.15, -0.1) is 0 Å². The van der Waals surface area contributed by atoms with Gasteiger partial charge in [0, 0.05) is 32.2 Å². The number of carbonyl (C=O) groups is 3. The third-order valence-electron chi connectivity index (χ3n) is 2.60. The molecule has 0 saturated heterocycles. The molecule has 122 valence electrons. The van der Waals surface area contributed by atoms with Crippen LogP contribution in [0.3, 0.4) is 0 Å². The number of amides is 3. The van der Waals surface area contributed by atoms with Gasteiger partial charge in [-0.1, -0.05) is 0 Å². The average molecular weight is 303 g/mol. The minimum absolute atomic E-state index is 0.126. The molecule has 0 aromatic carbocycles. The van der Waals surface area contributed by atoms with Crippen LogP contribution in [0.25, 0.3) is 0 Å². The number of ether oxygens (including phenoxy) is 1. The van der Waals surface area contributed by atoms with Crippen LogP contribution in [0.4, 0.5) is 4.79 Å². The van der Waals surface area contributed by atoms with Crippen molar-refractivity contribution in [1.29, 1.82) is 0 Å². The normalized spacial score (nSPS) is 10.9. The fourth-order valence-electron chi connectivity index (χ4n) is 1.51. The molecule has 0 aromatic rings. The van der Waals surface area contributed by atoms with E-state index >= 15 is 0 Å². The highest BCUT2D eigenvalue weighted by Gasteiger charge is 2.28. The van der Waals surface area contributed by atoms with Crippen molar-refractivity contribution in [3.8, 4) is 0 Å². The van der Waals surface area contributed by atoms with E-state index < -0.39 is 24.1 Å². The van der Waals surface area contributed by atoms with Crippen molar-refractivity contribution in [2.75, 3.05) is 33.4 Å². The van der Waals surface area contributed by atoms with Gasteiger partial charge in [-0.3, -0.25) is 9.59 Å². The lowest BCUT2D eigenvalue weighted by Crippen LogP contribution is -2.52. The molecular weight excluding hydrogens is 278 g/mol. The van der Waals surface area contributed by atoms with E-state index in [-0.39, 0.29) is 18.9 Å². The van der Waals surface area contributed by atoms with E-state index in [4.69, 9.17) is 9.84 Å². The molecule has 0 fully saturated rings. The smallest absolute Gasteiger partial charge is 0.323 e. The molecule has 0 rings (SSSR count). The van der Waals surface area contributed by atoms with Gasteiger partial charge in [0.25, 0.3) is 0 Å². The Morgan fingerprint density at radius 1 is 1.14 bits per heavy atom. The zero-order chi connectivity index (χ0) is 16.5. The first-order valence-electron chi connectivity index (χ1n) is 6.71. The van der Waals surface area contributed by atoms with E-state index in [1.807, 2.05) is 0 Å². The predicted molar refractivity (Wildman–Crippen MR) is 77.0 cm³/mol. The van der Waals surface area contributed by atoms with Crippen LogP contribution in [0, 0.1) is 0 Å². The Balaban J connectivity index is 4.20. The van der Waals surface area contributed by atoms with Gasteiger partial charge in [0.1, 0.15) is 6.54 Å². The standard InChI is InChI=1S/C13H25N3O5/c1-13(2,3)16(9-11(18)19)12(20)15-6-5-10(17)14-7-8-21-4/h5-9H2,1-4H3,(H,14,17)(H,15,20)(H,18,19). The van der Waals surface area contributed by atoms with Gasteiger partial charge in [0.2, 0.25) is 5.91 Å². The molecule has 3 N–H and O–H groups in total. The molecule has 3 amide bonds. The fraction of sp³-hybridized carbons (Fsp3) is 0.769. The predicted octanol–water partition coefficient (Wildman–Crippen LogP) is 0.0338. The minimum atomic E-state index is -1.09. The number of aliphatic carboxylic acids is 1. The molecule has 8 nitrogen and oxygen atoms in total. The van der Waals surface area contributed by atoms with Crippen molar-refractivity contribution in [1.82, 2.24) is 15.5 Å². The lowest BCUT2D eigenvalue weighted by Gasteiger charge is -2.34. The number of methoxy groups -OCH3 is 1. The van der Waals surface area contributed by atoms with E-state index in [0.29, 0.717) is 13.2 Å². The van der Waals surface area contributed by atoms with Gasteiger partial charge in [0.15, 0.2) is 0 Å². The first-order valence-corrected chi connectivity index (χ1v) is 6.71. The quantitative estimate of drug-likeness (QED) is 0.548. The first kappa shape index (κ1) is 19.2. The number of carboxylic acid groups (broad SMARTS) is 1. The fourth-order valence-corrected chi connectivity index (χ4v) is 1.51. The molecule has 0 aliphatic rings. The highest BCUT2D eigenvalue weighted by atomic mass is 16.5. The molecule has 0 radical (unpaired) electrons. The minimum Gasteiger partial charge on any atom is -0.480 e. The molecule has 0 aliphatic heterocycles. The van der Waals surface area contributed by atoms with E-state index in [9.17, 15) is 14.4 Å². The zero-order valence-electron chi connectivity index (χ0n) is 13.1. The van der Waals surface area contributed by atoms with Crippen molar-refractivity contribution in [3.05, 3.63) is 0 Å². The Hall–Kier alpha value is -1.83. The summed E-state index contributed by atoms with van der Waals surface area (Å²) in [6.07, 6.45) is 0.126. The maximum Gasteiger partial charge on any atom is 0.323 e. The van der Waals surface area contributed by atoms with E-state index in [1.165, 1.54) is 12.0 Å². The molecular formula is C13H25N3O5. The van der Waals surface area contributed by atoms with Crippen molar-refractivity contribution < 1.29 is 24.2 Å². The van der Waals surface area contributed by atoms with E-state index in [0.717, 1.165) is 0 Å².